The normalized spacial score (nSPS) is 16.2. The van der Waals surface area contributed by atoms with Crippen molar-refractivity contribution in [1.82, 2.24) is 26.1 Å². The molecule has 2 aromatic heterocycles. The number of carbonyl (C=O) groups excluding carboxylic acids is 1. The second-order valence-electron chi connectivity index (χ2n) is 4.18. The molecule has 1 aliphatic rings. The van der Waals surface area contributed by atoms with E-state index in [0.29, 0.717) is 17.5 Å². The molecule has 18 heavy (non-hydrogen) atoms. The van der Waals surface area contributed by atoms with E-state index >= 15 is 0 Å². The molecule has 3 rings (SSSR count). The number of hydrazine groups is 1. The van der Waals surface area contributed by atoms with Crippen LogP contribution in [-0.2, 0) is 0 Å². The van der Waals surface area contributed by atoms with E-state index in [9.17, 15) is 4.79 Å². The molecule has 0 radical (unpaired) electrons. The number of hydrogen-bond acceptors (Lipinski definition) is 6. The van der Waals surface area contributed by atoms with Crippen LogP contribution in [0.1, 0.15) is 9.80 Å². The maximum atomic E-state index is 11.9. The summed E-state index contributed by atoms with van der Waals surface area (Å²) in [6, 6.07) is 3.68. The average Bonchev–Trinajstić information content (AvgIpc) is 3.04. The zero-order chi connectivity index (χ0) is 12.4. The van der Waals surface area contributed by atoms with E-state index in [-0.39, 0.29) is 5.91 Å². The number of hydrogen-bond donors (Lipinski definition) is 3. The van der Waals surface area contributed by atoms with Crippen LogP contribution in [0.25, 0.3) is 10.3 Å². The van der Waals surface area contributed by atoms with E-state index in [1.165, 1.54) is 11.3 Å². The average molecular weight is 263 g/mol. The first-order chi connectivity index (χ1) is 8.83. The Hall–Kier alpha value is -1.57. The largest absolute Gasteiger partial charge is 0.350 e. The molecule has 3 N–H and O–H groups in total. The van der Waals surface area contributed by atoms with Crippen LogP contribution < -0.4 is 16.2 Å². The van der Waals surface area contributed by atoms with Gasteiger partial charge in [0.1, 0.15) is 10.3 Å². The van der Waals surface area contributed by atoms with Gasteiger partial charge < -0.3 is 5.32 Å². The number of thiazole rings is 1. The lowest BCUT2D eigenvalue weighted by Crippen LogP contribution is -2.31. The Balaban J connectivity index is 1.67. The number of fused-ring (bicyclic) bond motifs is 1. The number of carbonyl (C=O) groups is 1. The van der Waals surface area contributed by atoms with Gasteiger partial charge in [-0.3, -0.25) is 15.6 Å². The lowest BCUT2D eigenvalue weighted by Gasteiger charge is -2.07. The summed E-state index contributed by atoms with van der Waals surface area (Å²) in [6.45, 7) is 2.41. The fraction of sp³-hybridized carbons (Fsp3) is 0.364. The van der Waals surface area contributed by atoms with Crippen LogP contribution in [0.3, 0.4) is 0 Å². The van der Waals surface area contributed by atoms with Crippen molar-refractivity contribution < 1.29 is 4.79 Å². The van der Waals surface area contributed by atoms with Crippen molar-refractivity contribution in [3.63, 3.8) is 0 Å². The predicted octanol–water partition coefficient (Wildman–Crippen LogP) is 0.145. The van der Waals surface area contributed by atoms with Crippen LogP contribution in [-0.4, -0.2) is 35.5 Å². The highest BCUT2D eigenvalue weighted by Gasteiger charge is 2.17. The molecular formula is C11H13N5OS. The Morgan fingerprint density at radius 1 is 1.50 bits per heavy atom. The van der Waals surface area contributed by atoms with Gasteiger partial charge in [0.2, 0.25) is 0 Å². The molecule has 94 valence electrons. The monoisotopic (exact) mass is 263 g/mol. The fourth-order valence-electron chi connectivity index (χ4n) is 1.83. The molecule has 0 aliphatic carbocycles. The summed E-state index contributed by atoms with van der Waals surface area (Å²) in [4.78, 5) is 21.2. The minimum absolute atomic E-state index is 0.120. The molecule has 6 nitrogen and oxygen atoms in total. The minimum Gasteiger partial charge on any atom is -0.350 e. The van der Waals surface area contributed by atoms with Crippen molar-refractivity contribution in [2.75, 3.05) is 19.6 Å². The van der Waals surface area contributed by atoms with Crippen LogP contribution in [0, 0.1) is 5.92 Å². The SMILES string of the molecule is O=C(NCC1CNNC1)c1nc2cccnc2s1. The van der Waals surface area contributed by atoms with Gasteiger partial charge in [0.25, 0.3) is 5.91 Å². The Kier molecular flexibility index (Phi) is 3.18. The Bertz CT molecular complexity index is 530. The number of nitrogens with one attached hydrogen (secondary N) is 3. The van der Waals surface area contributed by atoms with Gasteiger partial charge in [-0.25, -0.2) is 9.97 Å². The van der Waals surface area contributed by atoms with E-state index < -0.39 is 0 Å². The Labute approximate surface area is 108 Å². The van der Waals surface area contributed by atoms with Crippen molar-refractivity contribution >= 4 is 27.6 Å². The van der Waals surface area contributed by atoms with Gasteiger partial charge in [-0.15, -0.1) is 0 Å². The molecule has 1 aliphatic heterocycles. The van der Waals surface area contributed by atoms with Gasteiger partial charge in [-0.05, 0) is 12.1 Å². The summed E-state index contributed by atoms with van der Waals surface area (Å²) >= 11 is 1.32. The van der Waals surface area contributed by atoms with Crippen LogP contribution in [0.15, 0.2) is 18.3 Å². The molecule has 0 atom stereocenters. The lowest BCUT2D eigenvalue weighted by atomic mass is 10.2. The number of amides is 1. The van der Waals surface area contributed by atoms with Crippen molar-refractivity contribution in [3.05, 3.63) is 23.3 Å². The molecule has 1 amide bonds. The highest BCUT2D eigenvalue weighted by molar-refractivity contribution is 7.19. The van der Waals surface area contributed by atoms with Gasteiger partial charge in [0.15, 0.2) is 5.01 Å². The summed E-state index contributed by atoms with van der Waals surface area (Å²) in [5.41, 5.74) is 6.84. The summed E-state index contributed by atoms with van der Waals surface area (Å²) in [5, 5.41) is 3.38. The first kappa shape index (κ1) is 11.5. The van der Waals surface area contributed by atoms with E-state index in [4.69, 9.17) is 0 Å². The highest BCUT2D eigenvalue weighted by atomic mass is 32.1. The molecule has 2 aromatic rings. The predicted molar refractivity (Wildman–Crippen MR) is 69.2 cm³/mol. The highest BCUT2D eigenvalue weighted by Crippen LogP contribution is 2.18. The van der Waals surface area contributed by atoms with Crippen molar-refractivity contribution in [3.8, 4) is 0 Å². The zero-order valence-electron chi connectivity index (χ0n) is 9.64. The second-order valence-corrected chi connectivity index (χ2v) is 5.16. The third-order valence-corrected chi connectivity index (χ3v) is 3.80. The third kappa shape index (κ3) is 2.33. The summed E-state index contributed by atoms with van der Waals surface area (Å²) < 4.78 is 0. The van der Waals surface area contributed by atoms with E-state index in [2.05, 4.69) is 26.1 Å². The van der Waals surface area contributed by atoms with Gasteiger partial charge in [-0.1, -0.05) is 11.3 Å². The maximum Gasteiger partial charge on any atom is 0.280 e. The van der Waals surface area contributed by atoms with Gasteiger partial charge in [0, 0.05) is 31.7 Å². The standard InChI is InChI=1S/C11H13N5OS/c17-9(13-4-7-5-14-15-6-7)11-16-8-2-1-3-12-10(8)18-11/h1-3,7,14-15H,4-6H2,(H,13,17). The van der Waals surface area contributed by atoms with Crippen molar-refractivity contribution in [1.29, 1.82) is 0 Å². The molecular weight excluding hydrogens is 250 g/mol. The van der Waals surface area contributed by atoms with E-state index in [1.807, 2.05) is 12.1 Å². The second kappa shape index (κ2) is 4.97. The number of rotatable bonds is 3. The van der Waals surface area contributed by atoms with Crippen LogP contribution in [0.4, 0.5) is 0 Å². The van der Waals surface area contributed by atoms with Gasteiger partial charge in [-0.2, -0.15) is 0 Å². The lowest BCUT2D eigenvalue weighted by molar-refractivity contribution is 0.0948. The Morgan fingerprint density at radius 2 is 2.33 bits per heavy atom. The molecule has 0 bridgehead atoms. The van der Waals surface area contributed by atoms with Gasteiger partial charge in [0.05, 0.1) is 0 Å². The first-order valence-corrected chi connectivity index (χ1v) is 6.60. The molecule has 0 saturated carbocycles. The molecule has 0 aromatic carbocycles. The van der Waals surface area contributed by atoms with Crippen LogP contribution in [0.2, 0.25) is 0 Å². The molecule has 0 unspecified atom stereocenters. The van der Waals surface area contributed by atoms with Crippen LogP contribution in [0.5, 0.6) is 0 Å². The smallest absolute Gasteiger partial charge is 0.280 e. The summed E-state index contributed by atoms with van der Waals surface area (Å²) in [5.74, 6) is 0.311. The Morgan fingerprint density at radius 3 is 3.11 bits per heavy atom. The van der Waals surface area contributed by atoms with E-state index in [1.54, 1.807) is 6.20 Å². The first-order valence-electron chi connectivity index (χ1n) is 5.78. The maximum absolute atomic E-state index is 11.9. The third-order valence-electron chi connectivity index (χ3n) is 2.82. The fourth-order valence-corrected chi connectivity index (χ4v) is 2.65. The number of pyridine rings is 1. The molecule has 7 heteroatoms. The summed E-state index contributed by atoms with van der Waals surface area (Å²) in [7, 11) is 0. The van der Waals surface area contributed by atoms with E-state index in [0.717, 1.165) is 23.4 Å². The zero-order valence-corrected chi connectivity index (χ0v) is 10.5. The molecule has 3 heterocycles. The van der Waals surface area contributed by atoms with Crippen molar-refractivity contribution in [2.45, 2.75) is 0 Å². The molecule has 1 saturated heterocycles. The topological polar surface area (TPSA) is 78.9 Å². The van der Waals surface area contributed by atoms with Crippen LogP contribution >= 0.6 is 11.3 Å². The molecule has 0 spiro atoms. The quantitative estimate of drug-likeness (QED) is 0.734. The number of aromatic nitrogens is 2. The van der Waals surface area contributed by atoms with Gasteiger partial charge >= 0.3 is 0 Å². The number of nitrogens with zero attached hydrogens (tertiary/aromatic N) is 2. The van der Waals surface area contributed by atoms with Crippen molar-refractivity contribution in [2.24, 2.45) is 5.92 Å². The summed E-state index contributed by atoms with van der Waals surface area (Å²) in [6.07, 6.45) is 1.71. The molecule has 1 fully saturated rings. The minimum atomic E-state index is -0.120.